The van der Waals surface area contributed by atoms with E-state index in [1.807, 2.05) is 6.92 Å². The molecule has 20 heavy (non-hydrogen) atoms. The van der Waals surface area contributed by atoms with Crippen LogP contribution >= 0.6 is 0 Å². The molecule has 5 nitrogen and oxygen atoms in total. The number of halogens is 2. The first kappa shape index (κ1) is 14.5. The Kier molecular flexibility index (Phi) is 4.75. The molecule has 0 aliphatic carbocycles. The molecule has 0 fully saturated rings. The fraction of sp³-hybridized carbons (Fsp3) is 0.385. The minimum Gasteiger partial charge on any atom is -0.394 e. The molecule has 0 saturated carbocycles. The summed E-state index contributed by atoms with van der Waals surface area (Å²) in [6.45, 7) is 2.70. The summed E-state index contributed by atoms with van der Waals surface area (Å²) in [4.78, 5) is 0. The lowest BCUT2D eigenvalue weighted by Crippen LogP contribution is -2.18. The second kappa shape index (κ2) is 6.53. The standard InChI is InChI=1S/C13H16F2N4O/c1-9(10-2-3-12(14)13(15)6-10)16-7-11-8-19(4-5-20)18-17-11/h2-3,6,8-9,16,20H,4-5,7H2,1H3. The summed E-state index contributed by atoms with van der Waals surface area (Å²) in [6.07, 6.45) is 1.72. The van der Waals surface area contributed by atoms with Gasteiger partial charge in [-0.2, -0.15) is 0 Å². The molecular formula is C13H16F2N4O. The van der Waals surface area contributed by atoms with Gasteiger partial charge in [-0.25, -0.2) is 13.5 Å². The normalized spacial score (nSPS) is 12.6. The summed E-state index contributed by atoms with van der Waals surface area (Å²) in [7, 11) is 0. The Balaban J connectivity index is 1.93. The molecule has 2 rings (SSSR count). The molecule has 1 unspecified atom stereocenters. The molecule has 7 heteroatoms. The van der Waals surface area contributed by atoms with Crippen LogP contribution in [0.2, 0.25) is 0 Å². The van der Waals surface area contributed by atoms with Gasteiger partial charge in [-0.05, 0) is 24.6 Å². The highest BCUT2D eigenvalue weighted by molar-refractivity contribution is 5.20. The number of hydrogen-bond acceptors (Lipinski definition) is 4. The molecular weight excluding hydrogens is 266 g/mol. The second-order valence-corrected chi connectivity index (χ2v) is 4.47. The van der Waals surface area contributed by atoms with Crippen LogP contribution in [-0.4, -0.2) is 26.7 Å². The van der Waals surface area contributed by atoms with Crippen molar-refractivity contribution in [2.75, 3.05) is 6.61 Å². The second-order valence-electron chi connectivity index (χ2n) is 4.47. The molecule has 0 bridgehead atoms. The number of nitrogens with one attached hydrogen (secondary N) is 1. The summed E-state index contributed by atoms with van der Waals surface area (Å²) in [6, 6.07) is 3.68. The van der Waals surface area contributed by atoms with Crippen LogP contribution in [0, 0.1) is 11.6 Å². The van der Waals surface area contributed by atoms with E-state index in [0.29, 0.717) is 24.3 Å². The third-order valence-electron chi connectivity index (χ3n) is 2.95. The molecule has 1 aromatic heterocycles. The average Bonchev–Trinajstić information content (AvgIpc) is 2.87. The topological polar surface area (TPSA) is 63.0 Å². The van der Waals surface area contributed by atoms with Crippen molar-refractivity contribution in [2.45, 2.75) is 26.1 Å². The summed E-state index contributed by atoms with van der Waals surface area (Å²) >= 11 is 0. The van der Waals surface area contributed by atoms with Crippen LogP contribution in [-0.2, 0) is 13.1 Å². The summed E-state index contributed by atoms with van der Waals surface area (Å²) < 4.78 is 27.5. The van der Waals surface area contributed by atoms with Gasteiger partial charge in [0.25, 0.3) is 0 Å². The van der Waals surface area contributed by atoms with E-state index in [1.54, 1.807) is 16.9 Å². The number of hydrogen-bond donors (Lipinski definition) is 2. The summed E-state index contributed by atoms with van der Waals surface area (Å²) in [5.41, 5.74) is 1.37. The molecule has 1 heterocycles. The molecule has 0 radical (unpaired) electrons. The van der Waals surface area contributed by atoms with E-state index in [0.717, 1.165) is 6.07 Å². The summed E-state index contributed by atoms with van der Waals surface area (Å²) in [5, 5.41) is 19.7. The van der Waals surface area contributed by atoms with Gasteiger partial charge < -0.3 is 10.4 Å². The van der Waals surface area contributed by atoms with Crippen molar-refractivity contribution in [3.05, 3.63) is 47.3 Å². The zero-order chi connectivity index (χ0) is 14.5. The van der Waals surface area contributed by atoms with Crippen LogP contribution in [0.1, 0.15) is 24.2 Å². The molecule has 2 N–H and O–H groups in total. The van der Waals surface area contributed by atoms with Gasteiger partial charge in [0.05, 0.1) is 18.8 Å². The first-order chi connectivity index (χ1) is 9.60. The first-order valence-corrected chi connectivity index (χ1v) is 6.28. The maximum Gasteiger partial charge on any atom is 0.159 e. The lowest BCUT2D eigenvalue weighted by molar-refractivity contribution is 0.268. The molecule has 0 spiro atoms. The van der Waals surface area contributed by atoms with Crippen molar-refractivity contribution >= 4 is 0 Å². The number of nitrogens with zero attached hydrogens (tertiary/aromatic N) is 3. The van der Waals surface area contributed by atoms with Gasteiger partial charge in [-0.1, -0.05) is 11.3 Å². The Morgan fingerprint density at radius 3 is 2.85 bits per heavy atom. The van der Waals surface area contributed by atoms with E-state index in [2.05, 4.69) is 15.6 Å². The Morgan fingerprint density at radius 1 is 1.35 bits per heavy atom. The van der Waals surface area contributed by atoms with Gasteiger partial charge >= 0.3 is 0 Å². The van der Waals surface area contributed by atoms with E-state index < -0.39 is 11.6 Å². The predicted molar refractivity (Wildman–Crippen MR) is 68.7 cm³/mol. The van der Waals surface area contributed by atoms with Gasteiger partial charge in [0, 0.05) is 18.8 Å². The van der Waals surface area contributed by atoms with Crippen LogP contribution in [0.15, 0.2) is 24.4 Å². The Hall–Kier alpha value is -1.86. The number of aliphatic hydroxyl groups is 1. The SMILES string of the molecule is CC(NCc1cn(CCO)nn1)c1ccc(F)c(F)c1. The van der Waals surface area contributed by atoms with Crippen molar-refractivity contribution < 1.29 is 13.9 Å². The third kappa shape index (κ3) is 3.58. The Labute approximate surface area is 115 Å². The van der Waals surface area contributed by atoms with E-state index in [4.69, 9.17) is 5.11 Å². The van der Waals surface area contributed by atoms with Gasteiger partial charge in [0.15, 0.2) is 11.6 Å². The minimum absolute atomic E-state index is 0.00148. The van der Waals surface area contributed by atoms with E-state index in [9.17, 15) is 8.78 Å². The highest BCUT2D eigenvalue weighted by Gasteiger charge is 2.09. The van der Waals surface area contributed by atoms with E-state index in [1.165, 1.54) is 6.07 Å². The van der Waals surface area contributed by atoms with Crippen LogP contribution in [0.4, 0.5) is 8.78 Å². The van der Waals surface area contributed by atoms with Gasteiger partial charge in [0.2, 0.25) is 0 Å². The van der Waals surface area contributed by atoms with Gasteiger partial charge in [-0.15, -0.1) is 5.10 Å². The number of rotatable bonds is 6. The highest BCUT2D eigenvalue weighted by atomic mass is 19.2. The molecule has 108 valence electrons. The first-order valence-electron chi connectivity index (χ1n) is 6.28. The van der Waals surface area contributed by atoms with Crippen molar-refractivity contribution in [1.82, 2.24) is 20.3 Å². The Morgan fingerprint density at radius 2 is 2.15 bits per heavy atom. The average molecular weight is 282 g/mol. The van der Waals surface area contributed by atoms with Gasteiger partial charge in [-0.3, -0.25) is 0 Å². The minimum atomic E-state index is -0.856. The molecule has 0 aliphatic heterocycles. The lowest BCUT2D eigenvalue weighted by atomic mass is 10.1. The quantitative estimate of drug-likeness (QED) is 0.840. The fourth-order valence-electron chi connectivity index (χ4n) is 1.79. The van der Waals surface area contributed by atoms with Crippen LogP contribution < -0.4 is 5.32 Å². The van der Waals surface area contributed by atoms with Crippen molar-refractivity contribution in [3.8, 4) is 0 Å². The number of aliphatic hydroxyl groups excluding tert-OH is 1. The van der Waals surface area contributed by atoms with Crippen LogP contribution in [0.25, 0.3) is 0 Å². The Bertz CT molecular complexity index is 573. The smallest absolute Gasteiger partial charge is 0.159 e. The van der Waals surface area contributed by atoms with Crippen LogP contribution in [0.5, 0.6) is 0 Å². The van der Waals surface area contributed by atoms with Crippen LogP contribution in [0.3, 0.4) is 0 Å². The van der Waals surface area contributed by atoms with Crippen molar-refractivity contribution in [3.63, 3.8) is 0 Å². The molecule has 1 aromatic carbocycles. The molecule has 0 aliphatic rings. The lowest BCUT2D eigenvalue weighted by Gasteiger charge is -2.13. The third-order valence-corrected chi connectivity index (χ3v) is 2.95. The zero-order valence-corrected chi connectivity index (χ0v) is 11.1. The molecule has 2 aromatic rings. The monoisotopic (exact) mass is 282 g/mol. The van der Waals surface area contributed by atoms with Crippen molar-refractivity contribution in [2.24, 2.45) is 0 Å². The summed E-state index contributed by atoms with van der Waals surface area (Å²) in [5.74, 6) is -1.71. The predicted octanol–water partition coefficient (Wildman–Crippen LogP) is 1.40. The number of aromatic nitrogens is 3. The molecule has 0 saturated heterocycles. The molecule has 0 amide bonds. The maximum atomic E-state index is 13.1. The van der Waals surface area contributed by atoms with Crippen molar-refractivity contribution in [1.29, 1.82) is 0 Å². The highest BCUT2D eigenvalue weighted by Crippen LogP contribution is 2.16. The number of benzene rings is 1. The van der Waals surface area contributed by atoms with E-state index in [-0.39, 0.29) is 12.6 Å². The van der Waals surface area contributed by atoms with E-state index >= 15 is 0 Å². The maximum absolute atomic E-state index is 13.1. The zero-order valence-electron chi connectivity index (χ0n) is 11.1. The van der Waals surface area contributed by atoms with Gasteiger partial charge in [0.1, 0.15) is 0 Å². The fourth-order valence-corrected chi connectivity index (χ4v) is 1.79. The largest absolute Gasteiger partial charge is 0.394 e. The molecule has 1 atom stereocenters.